The van der Waals surface area contributed by atoms with Crippen LogP contribution in [0.5, 0.6) is 11.5 Å². The second-order valence-electron chi connectivity index (χ2n) is 10.5. The van der Waals surface area contributed by atoms with E-state index in [4.69, 9.17) is 28.4 Å². The molecule has 9 heteroatoms. The molecule has 1 saturated heterocycles. The maximum atomic E-state index is 12.8. The third kappa shape index (κ3) is 11.5. The van der Waals surface area contributed by atoms with Gasteiger partial charge in [-0.2, -0.15) is 0 Å². The van der Waals surface area contributed by atoms with Gasteiger partial charge in [-0.15, -0.1) is 0 Å². The lowest BCUT2D eigenvalue weighted by atomic mass is 10.1. The Morgan fingerprint density at radius 1 is 0.778 bits per heavy atom. The summed E-state index contributed by atoms with van der Waals surface area (Å²) >= 11 is 0. The molecule has 0 radical (unpaired) electrons. The van der Waals surface area contributed by atoms with E-state index in [1.807, 2.05) is 30.3 Å². The van der Waals surface area contributed by atoms with Crippen LogP contribution in [0.3, 0.4) is 0 Å². The van der Waals surface area contributed by atoms with Gasteiger partial charge in [-0.3, -0.25) is 0 Å². The van der Waals surface area contributed by atoms with Crippen molar-refractivity contribution < 1.29 is 42.8 Å². The molecular weight excluding hydrogens is 576 g/mol. The molecule has 1 heterocycles. The van der Waals surface area contributed by atoms with E-state index in [9.17, 15) is 14.4 Å². The fraction of sp³-hybridized carbons (Fsp3) is 0.361. The summed E-state index contributed by atoms with van der Waals surface area (Å²) in [6.07, 6.45) is 6.76. The van der Waals surface area contributed by atoms with Crippen molar-refractivity contribution in [1.29, 1.82) is 0 Å². The third-order valence-corrected chi connectivity index (χ3v) is 7.10. The van der Waals surface area contributed by atoms with Crippen molar-refractivity contribution in [2.75, 3.05) is 26.4 Å². The molecule has 2 atom stereocenters. The third-order valence-electron chi connectivity index (χ3n) is 7.10. The maximum Gasteiger partial charge on any atom is 0.343 e. The van der Waals surface area contributed by atoms with Gasteiger partial charge in [0.2, 0.25) is 0 Å². The highest BCUT2D eigenvalue weighted by molar-refractivity contribution is 5.92. The molecule has 3 aromatic carbocycles. The molecule has 0 aliphatic carbocycles. The molecule has 1 aliphatic heterocycles. The summed E-state index contributed by atoms with van der Waals surface area (Å²) in [5.74, 6) is -0.480. The van der Waals surface area contributed by atoms with E-state index < -0.39 is 24.0 Å². The van der Waals surface area contributed by atoms with Gasteiger partial charge in [-0.05, 0) is 99.0 Å². The van der Waals surface area contributed by atoms with Crippen LogP contribution in [0.4, 0.5) is 0 Å². The minimum absolute atomic E-state index is 0.0359. The quantitative estimate of drug-likeness (QED) is 0.0685. The van der Waals surface area contributed by atoms with E-state index in [-0.39, 0.29) is 12.9 Å². The van der Waals surface area contributed by atoms with Crippen LogP contribution in [0.1, 0.15) is 77.3 Å². The fourth-order valence-electron chi connectivity index (χ4n) is 4.61. The van der Waals surface area contributed by atoms with Crippen molar-refractivity contribution in [1.82, 2.24) is 0 Å². The van der Waals surface area contributed by atoms with Crippen molar-refractivity contribution >= 4 is 17.9 Å². The Hall–Kier alpha value is -4.47. The fourth-order valence-corrected chi connectivity index (χ4v) is 4.61. The summed E-state index contributed by atoms with van der Waals surface area (Å²) < 4.78 is 33.6. The van der Waals surface area contributed by atoms with E-state index in [2.05, 4.69) is 6.58 Å². The number of carbonyl (C=O) groups is 3. The zero-order valence-corrected chi connectivity index (χ0v) is 25.4. The van der Waals surface area contributed by atoms with Gasteiger partial charge in [0, 0.05) is 12.7 Å². The smallest absolute Gasteiger partial charge is 0.343 e. The first-order valence-corrected chi connectivity index (χ1v) is 15.4. The maximum absolute atomic E-state index is 12.8. The van der Waals surface area contributed by atoms with Gasteiger partial charge in [0.05, 0.1) is 24.3 Å². The molecule has 1 aliphatic rings. The van der Waals surface area contributed by atoms with Gasteiger partial charge >= 0.3 is 17.9 Å². The first kappa shape index (κ1) is 33.4. The number of benzene rings is 3. The Balaban J connectivity index is 1.19. The monoisotopic (exact) mass is 616 g/mol. The number of carbonyl (C=O) groups excluding carboxylic acids is 3. The molecule has 0 amide bonds. The van der Waals surface area contributed by atoms with E-state index in [1.54, 1.807) is 48.5 Å². The molecule has 0 N–H and O–H groups in total. The zero-order chi connectivity index (χ0) is 31.7. The molecule has 0 bridgehead atoms. The number of hydrogen-bond acceptors (Lipinski definition) is 9. The molecule has 9 nitrogen and oxygen atoms in total. The second-order valence-corrected chi connectivity index (χ2v) is 10.5. The lowest BCUT2D eigenvalue weighted by Gasteiger charge is -2.27. The molecule has 0 spiro atoms. The largest absolute Gasteiger partial charge is 0.494 e. The van der Waals surface area contributed by atoms with Gasteiger partial charge in [0.15, 0.2) is 6.29 Å². The molecule has 0 aromatic heterocycles. The van der Waals surface area contributed by atoms with Crippen molar-refractivity contribution in [2.24, 2.45) is 0 Å². The molecule has 4 rings (SSSR count). The first-order valence-electron chi connectivity index (χ1n) is 15.4. The minimum atomic E-state index is -0.526. The second kappa shape index (κ2) is 18.4. The number of esters is 3. The van der Waals surface area contributed by atoms with Crippen LogP contribution >= 0.6 is 0 Å². The van der Waals surface area contributed by atoms with Gasteiger partial charge < -0.3 is 28.4 Å². The predicted octanol–water partition coefficient (Wildman–Crippen LogP) is 7.02. The highest BCUT2D eigenvalue weighted by Gasteiger charge is 2.23. The molecule has 45 heavy (non-hydrogen) atoms. The van der Waals surface area contributed by atoms with E-state index in [0.717, 1.165) is 56.6 Å². The number of ether oxygens (including phenoxy) is 6. The molecule has 238 valence electrons. The Kier molecular flexibility index (Phi) is 13.6. The van der Waals surface area contributed by atoms with Crippen LogP contribution in [0.25, 0.3) is 0 Å². The van der Waals surface area contributed by atoms with Crippen molar-refractivity contribution in [2.45, 2.75) is 57.3 Å². The summed E-state index contributed by atoms with van der Waals surface area (Å²) in [6.45, 7) is 4.99. The Morgan fingerprint density at radius 2 is 1.44 bits per heavy atom. The van der Waals surface area contributed by atoms with Crippen LogP contribution in [0.15, 0.2) is 91.5 Å². The standard InChI is InChI=1S/C36H40O9/c1-2-33(37)41-24-10-4-3-9-23-40-30-19-15-29(16-20-30)36(39)44-31-21-17-28(18-22-31)35(38)43-26-32(27-12-6-5-7-13-27)45-34-14-8-11-25-42-34/h2,5-7,12-13,15-22,32,34H,1,3-4,8-11,14,23-26H2. The number of rotatable bonds is 17. The zero-order valence-electron chi connectivity index (χ0n) is 25.4. The van der Waals surface area contributed by atoms with E-state index >= 15 is 0 Å². The summed E-state index contributed by atoms with van der Waals surface area (Å²) in [5.41, 5.74) is 1.60. The molecule has 0 saturated carbocycles. The average molecular weight is 617 g/mol. The van der Waals surface area contributed by atoms with Crippen molar-refractivity contribution in [3.63, 3.8) is 0 Å². The summed E-state index contributed by atoms with van der Waals surface area (Å²) in [4.78, 5) is 36.5. The van der Waals surface area contributed by atoms with Crippen LogP contribution in [-0.2, 0) is 23.7 Å². The Bertz CT molecular complexity index is 1350. The summed E-state index contributed by atoms with van der Waals surface area (Å²) in [7, 11) is 0. The lowest BCUT2D eigenvalue weighted by molar-refractivity contribution is -0.196. The van der Waals surface area contributed by atoms with Gasteiger partial charge in [-0.25, -0.2) is 14.4 Å². The highest BCUT2D eigenvalue weighted by Crippen LogP contribution is 2.25. The van der Waals surface area contributed by atoms with Gasteiger partial charge in [-0.1, -0.05) is 36.9 Å². The Labute approximate surface area is 264 Å². The molecular formula is C36H40O9. The van der Waals surface area contributed by atoms with Crippen LogP contribution < -0.4 is 9.47 Å². The topological polar surface area (TPSA) is 107 Å². The van der Waals surface area contributed by atoms with Crippen LogP contribution in [0, 0.1) is 0 Å². The average Bonchev–Trinajstić information content (AvgIpc) is 3.09. The molecule has 3 aromatic rings. The normalized spacial score (nSPS) is 15.0. The molecule has 1 fully saturated rings. The minimum Gasteiger partial charge on any atom is -0.494 e. The number of unbranched alkanes of at least 4 members (excludes halogenated alkanes) is 3. The summed E-state index contributed by atoms with van der Waals surface area (Å²) in [5, 5.41) is 0. The van der Waals surface area contributed by atoms with Crippen LogP contribution in [0.2, 0.25) is 0 Å². The van der Waals surface area contributed by atoms with E-state index in [0.29, 0.717) is 42.4 Å². The Morgan fingerprint density at radius 3 is 2.11 bits per heavy atom. The van der Waals surface area contributed by atoms with Crippen molar-refractivity contribution in [3.8, 4) is 11.5 Å². The SMILES string of the molecule is C=CC(=O)OCCCCCCOc1ccc(C(=O)Oc2ccc(C(=O)OCC(OC3CCCCO3)c3ccccc3)cc2)cc1. The first-order chi connectivity index (χ1) is 22.0. The van der Waals surface area contributed by atoms with Gasteiger partial charge in [0.25, 0.3) is 0 Å². The predicted molar refractivity (Wildman–Crippen MR) is 167 cm³/mol. The van der Waals surface area contributed by atoms with E-state index in [1.165, 1.54) is 0 Å². The van der Waals surface area contributed by atoms with Crippen molar-refractivity contribution in [3.05, 3.63) is 108 Å². The highest BCUT2D eigenvalue weighted by atomic mass is 16.7. The molecule has 2 unspecified atom stereocenters. The summed E-state index contributed by atoms with van der Waals surface area (Å²) in [6, 6.07) is 22.5. The lowest BCUT2D eigenvalue weighted by Crippen LogP contribution is -2.27. The number of hydrogen-bond donors (Lipinski definition) is 0. The van der Waals surface area contributed by atoms with Crippen LogP contribution in [-0.4, -0.2) is 50.6 Å². The van der Waals surface area contributed by atoms with Gasteiger partial charge in [0.1, 0.15) is 24.2 Å².